The summed E-state index contributed by atoms with van der Waals surface area (Å²) >= 11 is 0. The number of carbonyl (C=O) groups is 1. The van der Waals surface area contributed by atoms with Crippen LogP contribution in [0.3, 0.4) is 0 Å². The Kier molecular flexibility index (Phi) is 4.65. The molecule has 2 amide bonds. The van der Waals surface area contributed by atoms with Gasteiger partial charge in [-0.05, 0) is 43.7 Å². The Morgan fingerprint density at radius 2 is 2.26 bits per heavy atom. The molecular weight excluding hydrogens is 288 g/mol. The van der Waals surface area contributed by atoms with Gasteiger partial charge in [0.05, 0.1) is 11.9 Å². The summed E-state index contributed by atoms with van der Waals surface area (Å²) in [7, 11) is 0. The number of nitrogens with zero attached hydrogens (tertiary/aromatic N) is 2. The molecule has 1 atom stereocenters. The summed E-state index contributed by atoms with van der Waals surface area (Å²) in [5.74, 6) is 0. The van der Waals surface area contributed by atoms with Crippen LogP contribution in [-0.2, 0) is 18.5 Å². The summed E-state index contributed by atoms with van der Waals surface area (Å²) in [6.07, 6.45) is 9.56. The molecule has 1 aliphatic carbocycles. The van der Waals surface area contributed by atoms with Crippen molar-refractivity contribution in [2.75, 3.05) is 6.54 Å². The molecule has 0 radical (unpaired) electrons. The molecule has 3 rings (SSSR count). The molecule has 1 aromatic heterocycles. The topological polar surface area (TPSA) is 59.0 Å². The average Bonchev–Trinajstić information content (AvgIpc) is 3.05. The van der Waals surface area contributed by atoms with Crippen LogP contribution in [0.1, 0.15) is 37.3 Å². The van der Waals surface area contributed by atoms with E-state index in [0.29, 0.717) is 6.54 Å². The maximum atomic E-state index is 12.2. The quantitative estimate of drug-likeness (QED) is 0.834. The van der Waals surface area contributed by atoms with E-state index in [2.05, 4.69) is 40.7 Å². The summed E-state index contributed by atoms with van der Waals surface area (Å²) in [5.41, 5.74) is 2.32. The molecule has 0 spiro atoms. The maximum absolute atomic E-state index is 12.2. The van der Waals surface area contributed by atoms with E-state index < -0.39 is 0 Å². The van der Waals surface area contributed by atoms with Gasteiger partial charge < -0.3 is 15.2 Å². The molecule has 2 aromatic rings. The van der Waals surface area contributed by atoms with Crippen molar-refractivity contribution in [3.8, 4) is 0 Å². The smallest absolute Gasteiger partial charge is 0.315 e. The Morgan fingerprint density at radius 3 is 3.09 bits per heavy atom. The fourth-order valence-electron chi connectivity index (χ4n) is 3.35. The number of fused-ring (bicyclic) bond motifs is 1. The minimum Gasteiger partial charge on any atom is -0.338 e. The molecule has 0 fully saturated rings. The highest BCUT2D eigenvalue weighted by Gasteiger charge is 2.32. The van der Waals surface area contributed by atoms with E-state index in [0.717, 1.165) is 32.2 Å². The largest absolute Gasteiger partial charge is 0.338 e. The zero-order chi connectivity index (χ0) is 16.1. The van der Waals surface area contributed by atoms with Crippen molar-refractivity contribution >= 4 is 6.03 Å². The number of imidazole rings is 1. The normalized spacial score (nSPS) is 19.9. The Morgan fingerprint density at radius 1 is 1.39 bits per heavy atom. The number of aryl methyl sites for hydroxylation is 2. The second-order valence-corrected chi connectivity index (χ2v) is 6.38. The third-order valence-corrected chi connectivity index (χ3v) is 4.56. The van der Waals surface area contributed by atoms with Gasteiger partial charge in [-0.15, -0.1) is 0 Å². The van der Waals surface area contributed by atoms with Crippen LogP contribution in [0.25, 0.3) is 0 Å². The van der Waals surface area contributed by atoms with E-state index in [4.69, 9.17) is 0 Å². The number of nitrogens with one attached hydrogen (secondary N) is 2. The van der Waals surface area contributed by atoms with E-state index >= 15 is 0 Å². The van der Waals surface area contributed by atoms with Gasteiger partial charge in [0.15, 0.2) is 0 Å². The van der Waals surface area contributed by atoms with Gasteiger partial charge in [-0.2, -0.15) is 0 Å². The third-order valence-electron chi connectivity index (χ3n) is 4.56. The van der Waals surface area contributed by atoms with Gasteiger partial charge >= 0.3 is 6.03 Å². The van der Waals surface area contributed by atoms with E-state index in [9.17, 15) is 4.79 Å². The lowest BCUT2D eigenvalue weighted by Crippen LogP contribution is -2.50. The Hall–Kier alpha value is -2.30. The van der Waals surface area contributed by atoms with Crippen molar-refractivity contribution in [3.05, 3.63) is 54.1 Å². The lowest BCUT2D eigenvalue weighted by Gasteiger charge is -2.36. The molecule has 0 aliphatic heterocycles. The van der Waals surface area contributed by atoms with Crippen molar-refractivity contribution in [2.24, 2.45) is 0 Å². The molecule has 0 saturated carbocycles. The second kappa shape index (κ2) is 6.86. The Balaban J connectivity index is 1.51. The molecule has 0 unspecified atom stereocenters. The number of urea groups is 1. The first-order valence-corrected chi connectivity index (χ1v) is 8.27. The zero-order valence-electron chi connectivity index (χ0n) is 13.6. The number of rotatable bonds is 5. The highest BCUT2D eigenvalue weighted by atomic mass is 16.2. The number of carbonyl (C=O) groups excluding carboxylic acids is 1. The standard InChI is InChI=1S/C18H24N4O/c1-18(9-4-7-15-6-2-3-8-16(15)18)21-17(23)20-10-5-12-22-13-11-19-14-22/h2-3,6,8,11,13-14H,4-5,7,9-10,12H2,1H3,(H2,20,21,23)/t18-/m0/s1. The molecule has 5 nitrogen and oxygen atoms in total. The summed E-state index contributed by atoms with van der Waals surface area (Å²) in [6.45, 7) is 3.64. The van der Waals surface area contributed by atoms with E-state index in [1.807, 2.05) is 16.8 Å². The van der Waals surface area contributed by atoms with Crippen molar-refractivity contribution in [1.82, 2.24) is 20.2 Å². The molecule has 122 valence electrons. The molecule has 23 heavy (non-hydrogen) atoms. The molecule has 5 heteroatoms. The maximum Gasteiger partial charge on any atom is 0.315 e. The fourth-order valence-corrected chi connectivity index (χ4v) is 3.35. The van der Waals surface area contributed by atoms with Crippen LogP contribution in [0.2, 0.25) is 0 Å². The minimum absolute atomic E-state index is 0.0881. The molecule has 2 N–H and O–H groups in total. The van der Waals surface area contributed by atoms with Crippen LogP contribution in [0.4, 0.5) is 4.79 Å². The van der Waals surface area contributed by atoms with Gasteiger partial charge in [-0.3, -0.25) is 0 Å². The number of benzene rings is 1. The Labute approximate surface area is 137 Å². The highest BCUT2D eigenvalue weighted by Crippen LogP contribution is 2.34. The van der Waals surface area contributed by atoms with Crippen molar-refractivity contribution in [1.29, 1.82) is 0 Å². The lowest BCUT2D eigenvalue weighted by atomic mass is 9.78. The first kappa shape index (κ1) is 15.6. The van der Waals surface area contributed by atoms with Crippen LogP contribution in [0.15, 0.2) is 43.0 Å². The van der Waals surface area contributed by atoms with Crippen molar-refractivity contribution < 1.29 is 4.79 Å². The summed E-state index contributed by atoms with van der Waals surface area (Å²) in [6, 6.07) is 8.33. The monoisotopic (exact) mass is 312 g/mol. The fraction of sp³-hybridized carbons (Fsp3) is 0.444. The number of amides is 2. The number of aromatic nitrogens is 2. The van der Waals surface area contributed by atoms with Crippen LogP contribution in [0.5, 0.6) is 0 Å². The van der Waals surface area contributed by atoms with Crippen LogP contribution in [0, 0.1) is 0 Å². The van der Waals surface area contributed by atoms with Gasteiger partial charge in [0, 0.05) is 25.5 Å². The van der Waals surface area contributed by atoms with Crippen LogP contribution >= 0.6 is 0 Å². The highest BCUT2D eigenvalue weighted by molar-refractivity contribution is 5.75. The van der Waals surface area contributed by atoms with Gasteiger partial charge in [-0.25, -0.2) is 9.78 Å². The minimum atomic E-state index is -0.275. The summed E-state index contributed by atoms with van der Waals surface area (Å²) in [5, 5.41) is 6.14. The third kappa shape index (κ3) is 3.73. The second-order valence-electron chi connectivity index (χ2n) is 6.38. The van der Waals surface area contributed by atoms with Gasteiger partial charge in [-0.1, -0.05) is 24.3 Å². The van der Waals surface area contributed by atoms with Gasteiger partial charge in [0.25, 0.3) is 0 Å². The van der Waals surface area contributed by atoms with Crippen LogP contribution in [-0.4, -0.2) is 22.1 Å². The molecule has 1 heterocycles. The zero-order valence-corrected chi connectivity index (χ0v) is 13.6. The lowest BCUT2D eigenvalue weighted by molar-refractivity contribution is 0.221. The Bertz CT molecular complexity index is 653. The summed E-state index contributed by atoms with van der Waals surface area (Å²) < 4.78 is 2.01. The molecule has 1 aliphatic rings. The SMILES string of the molecule is C[C@]1(NC(=O)NCCCn2ccnc2)CCCc2ccccc21. The first-order chi connectivity index (χ1) is 11.2. The van der Waals surface area contributed by atoms with Crippen molar-refractivity contribution in [3.63, 3.8) is 0 Å². The molecule has 0 saturated heterocycles. The van der Waals surface area contributed by atoms with E-state index in [1.165, 1.54) is 11.1 Å². The van der Waals surface area contributed by atoms with Crippen LogP contribution < -0.4 is 10.6 Å². The molecular formula is C18H24N4O. The first-order valence-electron chi connectivity index (χ1n) is 8.27. The predicted octanol–water partition coefficient (Wildman–Crippen LogP) is 2.82. The average molecular weight is 312 g/mol. The number of hydrogen-bond donors (Lipinski definition) is 2. The number of hydrogen-bond acceptors (Lipinski definition) is 2. The van der Waals surface area contributed by atoms with Gasteiger partial charge in [0.2, 0.25) is 0 Å². The van der Waals surface area contributed by atoms with E-state index in [-0.39, 0.29) is 11.6 Å². The van der Waals surface area contributed by atoms with E-state index in [1.54, 1.807) is 12.5 Å². The molecule has 1 aromatic carbocycles. The summed E-state index contributed by atoms with van der Waals surface area (Å²) in [4.78, 5) is 16.3. The van der Waals surface area contributed by atoms with Gasteiger partial charge in [0.1, 0.15) is 0 Å². The molecule has 0 bridgehead atoms. The predicted molar refractivity (Wildman–Crippen MR) is 90.1 cm³/mol. The van der Waals surface area contributed by atoms with Crippen molar-refractivity contribution in [2.45, 2.75) is 44.7 Å².